The Labute approximate surface area is 135 Å². The molecule has 128 valence electrons. The summed E-state index contributed by atoms with van der Waals surface area (Å²) < 4.78 is 10.6. The Morgan fingerprint density at radius 1 is 1.43 bits per heavy atom. The lowest BCUT2D eigenvalue weighted by Crippen LogP contribution is -2.71. The summed E-state index contributed by atoms with van der Waals surface area (Å²) in [6, 6.07) is 3.64. The van der Waals surface area contributed by atoms with Gasteiger partial charge in [0.25, 0.3) is 0 Å². The first-order valence-electron chi connectivity index (χ1n) is 7.55. The predicted molar refractivity (Wildman–Crippen MR) is 83.0 cm³/mol. The normalized spacial score (nSPS) is 17.0. The zero-order valence-corrected chi connectivity index (χ0v) is 14.0. The number of rotatable bonds is 5. The summed E-state index contributed by atoms with van der Waals surface area (Å²) in [4.78, 5) is 26.8. The molecule has 23 heavy (non-hydrogen) atoms. The third kappa shape index (κ3) is 4.25. The molecule has 7 heteroatoms. The molecule has 1 N–H and O–H groups in total. The van der Waals surface area contributed by atoms with E-state index in [-0.39, 0.29) is 6.42 Å². The number of carbonyl (C=O) groups is 2. The molecule has 1 amide bonds. The first-order chi connectivity index (χ1) is 10.6. The summed E-state index contributed by atoms with van der Waals surface area (Å²) >= 11 is 0. The molecule has 1 saturated heterocycles. The van der Waals surface area contributed by atoms with Gasteiger partial charge in [0, 0.05) is 13.1 Å². The van der Waals surface area contributed by atoms with Gasteiger partial charge < -0.3 is 19.2 Å². The minimum absolute atomic E-state index is 0.0382. The van der Waals surface area contributed by atoms with E-state index in [0.29, 0.717) is 19.6 Å². The predicted octanol–water partition coefficient (Wildman–Crippen LogP) is 2.18. The van der Waals surface area contributed by atoms with Gasteiger partial charge in [0.15, 0.2) is 0 Å². The number of likely N-dealkylation sites (N-methyl/N-ethyl adjacent to an activating group) is 1. The summed E-state index contributed by atoms with van der Waals surface area (Å²) in [5, 5.41) is 9.22. The lowest BCUT2D eigenvalue weighted by atomic mass is 9.84. The number of likely N-dealkylation sites (tertiary alicyclic amines) is 1. The van der Waals surface area contributed by atoms with Gasteiger partial charge in [0.2, 0.25) is 0 Å². The van der Waals surface area contributed by atoms with Crippen molar-refractivity contribution in [2.45, 2.75) is 44.9 Å². The van der Waals surface area contributed by atoms with E-state index in [1.807, 2.05) is 18.0 Å². The second-order valence-electron chi connectivity index (χ2n) is 7.07. The fourth-order valence-electron chi connectivity index (χ4n) is 2.69. The van der Waals surface area contributed by atoms with E-state index >= 15 is 0 Å². The Bertz CT molecular complexity index is 556. The van der Waals surface area contributed by atoms with Crippen LogP contribution in [0.15, 0.2) is 22.8 Å². The number of hydrogen-bond donors (Lipinski definition) is 1. The average molecular weight is 324 g/mol. The number of furan rings is 1. The van der Waals surface area contributed by atoms with Crippen LogP contribution in [0.25, 0.3) is 0 Å². The molecule has 7 nitrogen and oxygen atoms in total. The van der Waals surface area contributed by atoms with Gasteiger partial charge in [-0.25, -0.2) is 4.79 Å². The van der Waals surface area contributed by atoms with Crippen LogP contribution in [-0.4, -0.2) is 58.2 Å². The van der Waals surface area contributed by atoms with Crippen molar-refractivity contribution in [3.8, 4) is 0 Å². The molecule has 2 rings (SSSR count). The minimum atomic E-state index is -0.889. The van der Waals surface area contributed by atoms with Crippen LogP contribution in [0, 0.1) is 0 Å². The Kier molecular flexibility index (Phi) is 4.70. The number of carboxylic acids is 1. The van der Waals surface area contributed by atoms with Crippen molar-refractivity contribution in [3.63, 3.8) is 0 Å². The third-order valence-electron chi connectivity index (χ3n) is 3.89. The second kappa shape index (κ2) is 6.23. The van der Waals surface area contributed by atoms with Gasteiger partial charge in [-0.05, 0) is 40.0 Å². The van der Waals surface area contributed by atoms with Crippen molar-refractivity contribution in [2.75, 3.05) is 20.1 Å². The molecule has 2 heterocycles. The number of ether oxygens (including phenoxy) is 1. The molecule has 0 aliphatic carbocycles. The maximum absolute atomic E-state index is 12.1. The topological polar surface area (TPSA) is 83.2 Å². The van der Waals surface area contributed by atoms with Crippen LogP contribution in [0.4, 0.5) is 4.79 Å². The van der Waals surface area contributed by atoms with Crippen molar-refractivity contribution < 1.29 is 23.8 Å². The van der Waals surface area contributed by atoms with Crippen LogP contribution in [0.2, 0.25) is 0 Å². The van der Waals surface area contributed by atoms with Crippen molar-refractivity contribution in [1.29, 1.82) is 0 Å². The number of carboxylic acid groups (broad SMARTS) is 1. The SMILES string of the molecule is CN(Cc1ccco1)C1(CC(=O)O)CN(C(=O)OC(C)(C)C)C1. The highest BCUT2D eigenvalue weighted by Gasteiger charge is 2.50. The lowest BCUT2D eigenvalue weighted by Gasteiger charge is -2.53. The Morgan fingerprint density at radius 3 is 2.57 bits per heavy atom. The Balaban J connectivity index is 2.02. The number of hydrogen-bond acceptors (Lipinski definition) is 5. The van der Waals surface area contributed by atoms with Crippen LogP contribution < -0.4 is 0 Å². The number of aliphatic carboxylic acids is 1. The van der Waals surface area contributed by atoms with E-state index in [2.05, 4.69) is 0 Å². The van der Waals surface area contributed by atoms with E-state index in [1.54, 1.807) is 33.1 Å². The maximum atomic E-state index is 12.1. The van der Waals surface area contributed by atoms with Crippen molar-refractivity contribution in [3.05, 3.63) is 24.2 Å². The van der Waals surface area contributed by atoms with Crippen LogP contribution >= 0.6 is 0 Å². The Morgan fingerprint density at radius 2 is 2.09 bits per heavy atom. The van der Waals surface area contributed by atoms with E-state index < -0.39 is 23.2 Å². The quantitative estimate of drug-likeness (QED) is 0.894. The van der Waals surface area contributed by atoms with E-state index in [0.717, 1.165) is 5.76 Å². The molecular weight excluding hydrogens is 300 g/mol. The smallest absolute Gasteiger partial charge is 0.410 e. The zero-order chi connectivity index (χ0) is 17.3. The lowest BCUT2D eigenvalue weighted by molar-refractivity contribution is -0.145. The fraction of sp³-hybridized carbons (Fsp3) is 0.625. The molecule has 0 aromatic carbocycles. The van der Waals surface area contributed by atoms with Crippen molar-refractivity contribution >= 4 is 12.1 Å². The molecule has 1 aromatic heterocycles. The summed E-state index contributed by atoms with van der Waals surface area (Å²) in [6.45, 7) is 6.55. The van der Waals surface area contributed by atoms with Crippen LogP contribution in [-0.2, 0) is 16.1 Å². The van der Waals surface area contributed by atoms with Gasteiger partial charge in [-0.15, -0.1) is 0 Å². The van der Waals surface area contributed by atoms with E-state index in [9.17, 15) is 14.7 Å². The zero-order valence-electron chi connectivity index (χ0n) is 14.0. The first-order valence-corrected chi connectivity index (χ1v) is 7.55. The van der Waals surface area contributed by atoms with Gasteiger partial charge in [0.1, 0.15) is 11.4 Å². The van der Waals surface area contributed by atoms with E-state index in [4.69, 9.17) is 9.15 Å². The monoisotopic (exact) mass is 324 g/mol. The van der Waals surface area contributed by atoms with Gasteiger partial charge in [-0.3, -0.25) is 9.69 Å². The standard InChI is InChI=1S/C16H24N2O5/c1-15(2,3)23-14(21)18-10-16(11-18,8-13(19)20)17(4)9-12-6-5-7-22-12/h5-7H,8-11H2,1-4H3,(H,19,20). The van der Waals surface area contributed by atoms with Gasteiger partial charge >= 0.3 is 12.1 Å². The van der Waals surface area contributed by atoms with Crippen molar-refractivity contribution in [2.24, 2.45) is 0 Å². The molecule has 1 aliphatic rings. The Hall–Kier alpha value is -2.02. The van der Waals surface area contributed by atoms with Gasteiger partial charge in [-0.1, -0.05) is 0 Å². The molecule has 0 bridgehead atoms. The number of amides is 1. The summed E-state index contributed by atoms with van der Waals surface area (Å²) in [7, 11) is 1.85. The number of nitrogens with zero attached hydrogens (tertiary/aromatic N) is 2. The van der Waals surface area contributed by atoms with Crippen LogP contribution in [0.5, 0.6) is 0 Å². The molecule has 0 radical (unpaired) electrons. The molecule has 1 fully saturated rings. The fourth-order valence-corrected chi connectivity index (χ4v) is 2.69. The van der Waals surface area contributed by atoms with Gasteiger partial charge in [-0.2, -0.15) is 0 Å². The average Bonchev–Trinajstić information content (AvgIpc) is 2.83. The maximum Gasteiger partial charge on any atom is 0.410 e. The van der Waals surface area contributed by atoms with Crippen LogP contribution in [0.1, 0.15) is 33.0 Å². The largest absolute Gasteiger partial charge is 0.481 e. The highest BCUT2D eigenvalue weighted by molar-refractivity contribution is 5.73. The summed E-state index contributed by atoms with van der Waals surface area (Å²) in [5.74, 6) is -0.131. The third-order valence-corrected chi connectivity index (χ3v) is 3.89. The second-order valence-corrected chi connectivity index (χ2v) is 7.07. The minimum Gasteiger partial charge on any atom is -0.481 e. The molecule has 0 atom stereocenters. The number of carbonyl (C=O) groups excluding carboxylic acids is 1. The highest BCUT2D eigenvalue weighted by Crippen LogP contribution is 2.33. The first kappa shape index (κ1) is 17.3. The molecule has 1 aliphatic heterocycles. The summed E-state index contributed by atoms with van der Waals surface area (Å²) in [6.07, 6.45) is 1.13. The molecule has 1 aromatic rings. The molecule has 0 spiro atoms. The van der Waals surface area contributed by atoms with Gasteiger partial charge in [0.05, 0.1) is 24.8 Å². The highest BCUT2D eigenvalue weighted by atomic mass is 16.6. The van der Waals surface area contributed by atoms with Crippen LogP contribution in [0.3, 0.4) is 0 Å². The van der Waals surface area contributed by atoms with Crippen molar-refractivity contribution in [1.82, 2.24) is 9.80 Å². The summed E-state index contributed by atoms with van der Waals surface area (Å²) in [5.41, 5.74) is -1.17. The molecule has 0 unspecified atom stereocenters. The molecule has 0 saturated carbocycles. The van der Waals surface area contributed by atoms with E-state index in [1.165, 1.54) is 4.90 Å². The molecular formula is C16H24N2O5.